The van der Waals surface area contributed by atoms with Crippen molar-refractivity contribution in [3.05, 3.63) is 66.4 Å². The van der Waals surface area contributed by atoms with Crippen molar-refractivity contribution in [3.63, 3.8) is 0 Å². The van der Waals surface area contributed by atoms with E-state index in [1.165, 1.54) is 16.3 Å². The summed E-state index contributed by atoms with van der Waals surface area (Å²) in [6.07, 6.45) is 1.87. The van der Waals surface area contributed by atoms with Crippen molar-refractivity contribution in [1.29, 1.82) is 0 Å². The van der Waals surface area contributed by atoms with Crippen LogP contribution in [0.1, 0.15) is 5.56 Å². The van der Waals surface area contributed by atoms with Gasteiger partial charge < -0.3 is 10.2 Å². The zero-order chi connectivity index (χ0) is 14.7. The molecule has 21 heavy (non-hydrogen) atoms. The van der Waals surface area contributed by atoms with E-state index in [0.717, 1.165) is 18.1 Å². The Bertz CT molecular complexity index is 736. The lowest BCUT2D eigenvalue weighted by atomic mass is 10.1. The number of fused-ring (bicyclic) bond motifs is 1. The number of nitrogens with one attached hydrogen (secondary N) is 1. The molecular formula is C18H19N3. The number of benzene rings is 2. The lowest BCUT2D eigenvalue weighted by molar-refractivity contribution is 1.08. The maximum atomic E-state index is 4.46. The van der Waals surface area contributed by atoms with E-state index in [0.29, 0.717) is 0 Å². The van der Waals surface area contributed by atoms with Gasteiger partial charge in [0.25, 0.3) is 0 Å². The van der Waals surface area contributed by atoms with Gasteiger partial charge in [0.1, 0.15) is 5.82 Å². The fourth-order valence-electron chi connectivity index (χ4n) is 2.50. The van der Waals surface area contributed by atoms with Gasteiger partial charge in [0, 0.05) is 43.3 Å². The molecule has 0 atom stereocenters. The van der Waals surface area contributed by atoms with Crippen molar-refractivity contribution in [2.24, 2.45) is 0 Å². The van der Waals surface area contributed by atoms with Crippen LogP contribution in [0.25, 0.3) is 10.8 Å². The minimum Gasteiger partial charge on any atom is -0.380 e. The third-order valence-corrected chi connectivity index (χ3v) is 3.53. The molecule has 1 heterocycles. The average molecular weight is 277 g/mol. The average Bonchev–Trinajstić information content (AvgIpc) is 2.53. The molecule has 0 bridgehead atoms. The fourth-order valence-corrected chi connectivity index (χ4v) is 2.50. The molecule has 1 aromatic heterocycles. The summed E-state index contributed by atoms with van der Waals surface area (Å²) in [6.45, 7) is 0.819. The van der Waals surface area contributed by atoms with Crippen molar-refractivity contribution in [2.75, 3.05) is 24.3 Å². The number of aromatic nitrogens is 1. The highest BCUT2D eigenvalue weighted by molar-refractivity contribution is 6.00. The second-order valence-electron chi connectivity index (χ2n) is 5.27. The molecule has 0 saturated carbocycles. The van der Waals surface area contributed by atoms with Gasteiger partial charge in [-0.1, -0.05) is 42.5 Å². The molecule has 3 nitrogen and oxygen atoms in total. The Morgan fingerprint density at radius 3 is 2.48 bits per heavy atom. The first-order valence-electron chi connectivity index (χ1n) is 7.08. The first-order valence-corrected chi connectivity index (χ1v) is 7.08. The summed E-state index contributed by atoms with van der Waals surface area (Å²) >= 11 is 0. The van der Waals surface area contributed by atoms with Crippen LogP contribution in [-0.4, -0.2) is 19.1 Å². The largest absolute Gasteiger partial charge is 0.380 e. The van der Waals surface area contributed by atoms with Gasteiger partial charge in [0.15, 0.2) is 0 Å². The van der Waals surface area contributed by atoms with Gasteiger partial charge in [-0.2, -0.15) is 0 Å². The molecule has 1 N–H and O–H groups in total. The van der Waals surface area contributed by atoms with Crippen LogP contribution < -0.4 is 10.2 Å². The first kappa shape index (κ1) is 13.4. The summed E-state index contributed by atoms with van der Waals surface area (Å²) in [4.78, 5) is 6.51. The standard InChI is InChI=1S/C18H19N3/c1-21(2)18-16-9-6-10-17(15(16)11-12-19-18)20-13-14-7-4-3-5-8-14/h3-12,20H,13H2,1-2H3. The van der Waals surface area contributed by atoms with Gasteiger partial charge in [-0.15, -0.1) is 0 Å². The highest BCUT2D eigenvalue weighted by Crippen LogP contribution is 2.29. The Hall–Kier alpha value is -2.55. The van der Waals surface area contributed by atoms with Gasteiger partial charge in [-0.3, -0.25) is 0 Å². The number of nitrogens with zero attached hydrogens (tertiary/aromatic N) is 2. The predicted molar refractivity (Wildman–Crippen MR) is 89.8 cm³/mol. The molecule has 0 amide bonds. The van der Waals surface area contributed by atoms with Crippen LogP contribution in [0.2, 0.25) is 0 Å². The normalized spacial score (nSPS) is 10.6. The van der Waals surface area contributed by atoms with Crippen LogP contribution in [0.4, 0.5) is 11.5 Å². The number of pyridine rings is 1. The van der Waals surface area contributed by atoms with Gasteiger partial charge in [0.05, 0.1) is 0 Å². The van der Waals surface area contributed by atoms with Crippen LogP contribution >= 0.6 is 0 Å². The highest BCUT2D eigenvalue weighted by atomic mass is 15.1. The van der Waals surface area contributed by atoms with E-state index < -0.39 is 0 Å². The smallest absolute Gasteiger partial charge is 0.135 e. The summed E-state index contributed by atoms with van der Waals surface area (Å²) in [5.74, 6) is 0.996. The zero-order valence-corrected chi connectivity index (χ0v) is 12.4. The quantitative estimate of drug-likeness (QED) is 0.783. The lowest BCUT2D eigenvalue weighted by Crippen LogP contribution is -2.11. The van der Waals surface area contributed by atoms with Gasteiger partial charge in [0.2, 0.25) is 0 Å². The topological polar surface area (TPSA) is 28.2 Å². The lowest BCUT2D eigenvalue weighted by Gasteiger charge is -2.16. The van der Waals surface area contributed by atoms with E-state index in [1.54, 1.807) is 0 Å². The number of rotatable bonds is 4. The van der Waals surface area contributed by atoms with E-state index in [1.807, 2.05) is 31.3 Å². The predicted octanol–water partition coefficient (Wildman–Crippen LogP) is 3.91. The molecule has 106 valence electrons. The summed E-state index contributed by atoms with van der Waals surface area (Å²) in [7, 11) is 4.04. The minimum absolute atomic E-state index is 0.819. The van der Waals surface area contributed by atoms with Crippen molar-refractivity contribution >= 4 is 22.3 Å². The molecule has 0 fully saturated rings. The number of hydrogen-bond donors (Lipinski definition) is 1. The molecule has 2 aromatic carbocycles. The van der Waals surface area contributed by atoms with E-state index in [2.05, 4.69) is 58.8 Å². The van der Waals surface area contributed by atoms with Gasteiger partial charge in [-0.25, -0.2) is 4.98 Å². The molecule has 3 heteroatoms. The first-order chi connectivity index (χ1) is 10.3. The third-order valence-electron chi connectivity index (χ3n) is 3.53. The van der Waals surface area contributed by atoms with E-state index in [9.17, 15) is 0 Å². The Morgan fingerprint density at radius 2 is 1.71 bits per heavy atom. The maximum absolute atomic E-state index is 4.46. The Balaban J connectivity index is 1.94. The molecular weight excluding hydrogens is 258 g/mol. The Morgan fingerprint density at radius 1 is 0.905 bits per heavy atom. The highest BCUT2D eigenvalue weighted by Gasteiger charge is 2.07. The summed E-state index contributed by atoms with van der Waals surface area (Å²) < 4.78 is 0. The number of hydrogen-bond acceptors (Lipinski definition) is 3. The Labute approximate surface area is 125 Å². The maximum Gasteiger partial charge on any atom is 0.135 e. The third kappa shape index (κ3) is 2.82. The van der Waals surface area contributed by atoms with Crippen molar-refractivity contribution in [2.45, 2.75) is 6.54 Å². The van der Waals surface area contributed by atoms with Crippen molar-refractivity contribution < 1.29 is 0 Å². The van der Waals surface area contributed by atoms with Crippen LogP contribution in [0, 0.1) is 0 Å². The van der Waals surface area contributed by atoms with E-state index >= 15 is 0 Å². The molecule has 3 rings (SSSR count). The Kier molecular flexibility index (Phi) is 3.73. The molecule has 0 radical (unpaired) electrons. The zero-order valence-electron chi connectivity index (χ0n) is 12.4. The molecule has 0 saturated heterocycles. The van der Waals surface area contributed by atoms with E-state index in [4.69, 9.17) is 0 Å². The van der Waals surface area contributed by atoms with Crippen molar-refractivity contribution in [1.82, 2.24) is 4.98 Å². The molecule has 0 unspecified atom stereocenters. The summed E-state index contributed by atoms with van der Waals surface area (Å²) in [5, 5.41) is 5.89. The molecule has 0 aliphatic rings. The van der Waals surface area contributed by atoms with Crippen LogP contribution in [-0.2, 0) is 6.54 Å². The molecule has 0 aliphatic carbocycles. The fraction of sp³-hybridized carbons (Fsp3) is 0.167. The van der Waals surface area contributed by atoms with Crippen molar-refractivity contribution in [3.8, 4) is 0 Å². The second kappa shape index (κ2) is 5.83. The van der Waals surface area contributed by atoms with Crippen LogP contribution in [0.5, 0.6) is 0 Å². The molecule has 0 spiro atoms. The second-order valence-corrected chi connectivity index (χ2v) is 5.27. The molecule has 3 aromatic rings. The van der Waals surface area contributed by atoms with E-state index in [-0.39, 0.29) is 0 Å². The van der Waals surface area contributed by atoms with Crippen LogP contribution in [0.3, 0.4) is 0 Å². The summed E-state index contributed by atoms with van der Waals surface area (Å²) in [6, 6.07) is 18.8. The van der Waals surface area contributed by atoms with Crippen LogP contribution in [0.15, 0.2) is 60.8 Å². The minimum atomic E-state index is 0.819. The van der Waals surface area contributed by atoms with Gasteiger partial charge >= 0.3 is 0 Å². The monoisotopic (exact) mass is 277 g/mol. The van der Waals surface area contributed by atoms with Gasteiger partial charge in [-0.05, 0) is 17.7 Å². The number of anilines is 2. The molecule has 0 aliphatic heterocycles. The summed E-state index contributed by atoms with van der Waals surface area (Å²) in [5.41, 5.74) is 2.42. The SMILES string of the molecule is CN(C)c1nccc2c(NCc3ccccc3)cccc12.